The fourth-order valence-corrected chi connectivity index (χ4v) is 2.27. The minimum absolute atomic E-state index is 0.0507. The van der Waals surface area contributed by atoms with Crippen molar-refractivity contribution in [3.63, 3.8) is 0 Å². The second-order valence-electron chi connectivity index (χ2n) is 5.17. The molecule has 2 rings (SSSR count). The van der Waals surface area contributed by atoms with Crippen molar-refractivity contribution < 1.29 is 14.6 Å². The minimum Gasteiger partial charge on any atom is -0.395 e. The van der Waals surface area contributed by atoms with E-state index in [4.69, 9.17) is 9.84 Å². The molecule has 1 aliphatic heterocycles. The smallest absolute Gasteiger partial charge is 0.251 e. The summed E-state index contributed by atoms with van der Waals surface area (Å²) in [6, 6.07) is 5.80. The third kappa shape index (κ3) is 4.59. The van der Waals surface area contributed by atoms with Crippen LogP contribution in [0.4, 0.5) is 0 Å². The van der Waals surface area contributed by atoms with Gasteiger partial charge in [0.25, 0.3) is 5.91 Å². The molecular formula is C17H21NO3. The lowest BCUT2D eigenvalue weighted by Gasteiger charge is -2.23. The summed E-state index contributed by atoms with van der Waals surface area (Å²) in [5, 5.41) is 11.8. The van der Waals surface area contributed by atoms with E-state index in [9.17, 15) is 4.79 Å². The first-order valence-electron chi connectivity index (χ1n) is 7.29. The van der Waals surface area contributed by atoms with Gasteiger partial charge in [0, 0.05) is 36.8 Å². The van der Waals surface area contributed by atoms with Crippen LogP contribution in [-0.2, 0) is 4.74 Å². The van der Waals surface area contributed by atoms with Crippen molar-refractivity contribution in [2.24, 2.45) is 0 Å². The monoisotopic (exact) mass is 287 g/mol. The normalized spacial score (nSPS) is 15.1. The molecule has 0 atom stereocenters. The lowest BCUT2D eigenvalue weighted by Crippen LogP contribution is -2.39. The first-order valence-corrected chi connectivity index (χ1v) is 7.29. The molecule has 4 nitrogen and oxygen atoms in total. The largest absolute Gasteiger partial charge is 0.395 e. The number of rotatable bonds is 3. The quantitative estimate of drug-likeness (QED) is 0.831. The minimum atomic E-state index is -0.0507. The van der Waals surface area contributed by atoms with Crippen molar-refractivity contribution in [2.75, 3.05) is 19.8 Å². The van der Waals surface area contributed by atoms with Crippen LogP contribution in [0, 0.1) is 18.8 Å². The average Bonchev–Trinajstić information content (AvgIpc) is 2.50. The molecule has 0 aliphatic carbocycles. The lowest BCUT2D eigenvalue weighted by atomic mass is 10.0. The molecule has 0 aromatic heterocycles. The Kier molecular flexibility index (Phi) is 5.79. The zero-order chi connectivity index (χ0) is 15.1. The highest BCUT2D eigenvalue weighted by molar-refractivity contribution is 5.96. The molecule has 112 valence electrons. The third-order valence-corrected chi connectivity index (χ3v) is 3.51. The van der Waals surface area contributed by atoms with E-state index >= 15 is 0 Å². The molecule has 1 amide bonds. The molecule has 0 bridgehead atoms. The third-order valence-electron chi connectivity index (χ3n) is 3.51. The van der Waals surface area contributed by atoms with E-state index in [1.807, 2.05) is 25.1 Å². The Labute approximate surface area is 125 Å². The molecule has 0 radical (unpaired) electrons. The maximum atomic E-state index is 12.4. The van der Waals surface area contributed by atoms with E-state index in [1.54, 1.807) is 0 Å². The standard InChI is InChI=1S/C17H21NO3/c1-13-5-6-14(4-2-3-9-19)12-16(13)17(20)18-15-7-10-21-11-8-15/h5-6,12,15,19H,3,7-11H2,1H3,(H,18,20). The Balaban J connectivity index is 2.08. The van der Waals surface area contributed by atoms with E-state index in [-0.39, 0.29) is 18.6 Å². The van der Waals surface area contributed by atoms with Crippen molar-refractivity contribution in [1.29, 1.82) is 0 Å². The number of amides is 1. The first kappa shape index (κ1) is 15.6. The summed E-state index contributed by atoms with van der Waals surface area (Å²) in [6.07, 6.45) is 2.17. The van der Waals surface area contributed by atoms with Gasteiger partial charge >= 0.3 is 0 Å². The topological polar surface area (TPSA) is 58.6 Å². The number of hydrogen-bond acceptors (Lipinski definition) is 3. The highest BCUT2D eigenvalue weighted by atomic mass is 16.5. The predicted molar refractivity (Wildman–Crippen MR) is 81.1 cm³/mol. The molecule has 1 heterocycles. The molecule has 0 saturated carbocycles. The Bertz CT molecular complexity index is 551. The van der Waals surface area contributed by atoms with Crippen molar-refractivity contribution in [1.82, 2.24) is 5.32 Å². The molecule has 2 N–H and O–H groups in total. The van der Waals surface area contributed by atoms with Gasteiger partial charge in [0.2, 0.25) is 0 Å². The summed E-state index contributed by atoms with van der Waals surface area (Å²) in [5.74, 6) is 5.78. The average molecular weight is 287 g/mol. The second-order valence-corrected chi connectivity index (χ2v) is 5.17. The van der Waals surface area contributed by atoms with Gasteiger partial charge in [0.05, 0.1) is 6.61 Å². The van der Waals surface area contributed by atoms with Gasteiger partial charge in [-0.05, 0) is 37.5 Å². The molecule has 1 aromatic rings. The van der Waals surface area contributed by atoms with Crippen LogP contribution in [0.1, 0.15) is 40.7 Å². The second kappa shape index (κ2) is 7.82. The van der Waals surface area contributed by atoms with Gasteiger partial charge in [0.1, 0.15) is 0 Å². The Hall–Kier alpha value is -1.83. The van der Waals surface area contributed by atoms with Gasteiger partial charge in [-0.3, -0.25) is 4.79 Å². The maximum absolute atomic E-state index is 12.4. The highest BCUT2D eigenvalue weighted by Gasteiger charge is 2.18. The molecule has 4 heteroatoms. The molecule has 1 aliphatic rings. The van der Waals surface area contributed by atoms with E-state index < -0.39 is 0 Å². The van der Waals surface area contributed by atoms with E-state index in [0.717, 1.165) is 24.0 Å². The molecule has 1 saturated heterocycles. The van der Waals surface area contributed by atoms with Crippen LogP contribution in [-0.4, -0.2) is 36.9 Å². The van der Waals surface area contributed by atoms with Crippen LogP contribution in [0.25, 0.3) is 0 Å². The SMILES string of the molecule is Cc1ccc(C#CCCO)cc1C(=O)NC1CCOCC1. The number of carbonyl (C=O) groups excluding carboxylic acids is 1. The molecular weight excluding hydrogens is 266 g/mol. The number of hydrogen-bond donors (Lipinski definition) is 2. The number of aryl methyl sites for hydroxylation is 1. The first-order chi connectivity index (χ1) is 10.2. The number of aliphatic hydroxyl groups is 1. The van der Waals surface area contributed by atoms with Crippen LogP contribution in [0.15, 0.2) is 18.2 Å². The number of nitrogens with one attached hydrogen (secondary N) is 1. The van der Waals surface area contributed by atoms with Gasteiger partial charge < -0.3 is 15.2 Å². The van der Waals surface area contributed by atoms with Crippen LogP contribution in [0.3, 0.4) is 0 Å². The molecule has 0 unspecified atom stereocenters. The fraction of sp³-hybridized carbons (Fsp3) is 0.471. The van der Waals surface area contributed by atoms with Gasteiger partial charge in [0.15, 0.2) is 0 Å². The number of aliphatic hydroxyl groups excluding tert-OH is 1. The predicted octanol–water partition coefficient (Wildman–Crippen LogP) is 1.64. The maximum Gasteiger partial charge on any atom is 0.251 e. The van der Waals surface area contributed by atoms with Crippen molar-refractivity contribution in [3.05, 3.63) is 34.9 Å². The number of carbonyl (C=O) groups is 1. The summed E-state index contributed by atoms with van der Waals surface area (Å²) >= 11 is 0. The van der Waals surface area contributed by atoms with Crippen LogP contribution < -0.4 is 5.32 Å². The summed E-state index contributed by atoms with van der Waals surface area (Å²) < 4.78 is 5.29. The fourth-order valence-electron chi connectivity index (χ4n) is 2.27. The summed E-state index contributed by atoms with van der Waals surface area (Å²) in [6.45, 7) is 3.38. The summed E-state index contributed by atoms with van der Waals surface area (Å²) in [4.78, 5) is 12.4. The van der Waals surface area contributed by atoms with Crippen molar-refractivity contribution >= 4 is 5.91 Å². The summed E-state index contributed by atoms with van der Waals surface area (Å²) in [7, 11) is 0. The van der Waals surface area contributed by atoms with Crippen LogP contribution in [0.5, 0.6) is 0 Å². The van der Waals surface area contributed by atoms with Gasteiger partial charge in [-0.1, -0.05) is 17.9 Å². The molecule has 21 heavy (non-hydrogen) atoms. The van der Waals surface area contributed by atoms with Crippen LogP contribution >= 0.6 is 0 Å². The zero-order valence-corrected chi connectivity index (χ0v) is 12.3. The molecule has 0 spiro atoms. The summed E-state index contributed by atoms with van der Waals surface area (Å²) in [5.41, 5.74) is 2.40. The zero-order valence-electron chi connectivity index (χ0n) is 12.3. The number of benzene rings is 1. The Morgan fingerprint density at radius 3 is 2.90 bits per heavy atom. The van der Waals surface area contributed by atoms with E-state index in [2.05, 4.69) is 17.2 Å². The van der Waals surface area contributed by atoms with Crippen molar-refractivity contribution in [2.45, 2.75) is 32.2 Å². The van der Waals surface area contributed by atoms with Gasteiger partial charge in [-0.2, -0.15) is 0 Å². The van der Waals surface area contributed by atoms with E-state index in [0.29, 0.717) is 25.2 Å². The van der Waals surface area contributed by atoms with Gasteiger partial charge in [-0.25, -0.2) is 0 Å². The van der Waals surface area contributed by atoms with Crippen LogP contribution in [0.2, 0.25) is 0 Å². The molecule has 1 fully saturated rings. The Morgan fingerprint density at radius 2 is 2.19 bits per heavy atom. The lowest BCUT2D eigenvalue weighted by molar-refractivity contribution is 0.0696. The van der Waals surface area contributed by atoms with Crippen molar-refractivity contribution in [3.8, 4) is 11.8 Å². The van der Waals surface area contributed by atoms with Gasteiger partial charge in [-0.15, -0.1) is 0 Å². The Morgan fingerprint density at radius 1 is 1.43 bits per heavy atom. The molecule has 1 aromatic carbocycles. The highest BCUT2D eigenvalue weighted by Crippen LogP contribution is 2.13. The number of ether oxygens (including phenoxy) is 1. The van der Waals surface area contributed by atoms with E-state index in [1.165, 1.54) is 0 Å².